The fourth-order valence-electron chi connectivity index (χ4n) is 2.61. The third-order valence-electron chi connectivity index (χ3n) is 3.80. The van der Waals surface area contributed by atoms with Gasteiger partial charge < -0.3 is 5.32 Å². The zero-order valence-corrected chi connectivity index (χ0v) is 13.9. The summed E-state index contributed by atoms with van der Waals surface area (Å²) in [4.78, 5) is 12.3. The average molecular weight is 325 g/mol. The molecule has 124 valence electrons. The highest BCUT2D eigenvalue weighted by Gasteiger charge is 2.17. The third-order valence-corrected chi connectivity index (χ3v) is 3.80. The first kappa shape index (κ1) is 15.9. The Morgan fingerprint density at radius 3 is 2.62 bits per heavy atom. The molecule has 0 saturated heterocycles. The number of nitrogens with zero attached hydrogens (tertiary/aromatic N) is 6. The van der Waals surface area contributed by atoms with E-state index < -0.39 is 0 Å². The Hall–Kier alpha value is -3.03. The molecule has 0 radical (unpaired) electrons. The van der Waals surface area contributed by atoms with Gasteiger partial charge in [0, 0.05) is 19.0 Å². The van der Waals surface area contributed by atoms with Crippen LogP contribution in [0.1, 0.15) is 17.9 Å². The number of aryl methyl sites for hydroxylation is 4. The summed E-state index contributed by atoms with van der Waals surface area (Å²) in [6.45, 7) is 4.17. The lowest BCUT2D eigenvalue weighted by Crippen LogP contribution is -2.18. The van der Waals surface area contributed by atoms with E-state index in [2.05, 4.69) is 25.9 Å². The van der Waals surface area contributed by atoms with E-state index in [0.29, 0.717) is 18.2 Å². The second-order valence-corrected chi connectivity index (χ2v) is 5.55. The first-order chi connectivity index (χ1) is 11.6. The molecule has 1 amide bonds. The minimum atomic E-state index is -0.106. The Morgan fingerprint density at radius 1 is 1.21 bits per heavy atom. The number of aromatic nitrogens is 6. The van der Waals surface area contributed by atoms with Gasteiger partial charge in [-0.3, -0.25) is 9.48 Å². The minimum absolute atomic E-state index is 0.106. The Morgan fingerprint density at radius 2 is 1.96 bits per heavy atom. The molecule has 2 heterocycles. The van der Waals surface area contributed by atoms with Gasteiger partial charge in [0.15, 0.2) is 0 Å². The van der Waals surface area contributed by atoms with Gasteiger partial charge in [0.2, 0.25) is 5.91 Å². The number of benzene rings is 1. The van der Waals surface area contributed by atoms with Crippen molar-refractivity contribution in [3.63, 3.8) is 0 Å². The maximum Gasteiger partial charge on any atom is 0.227 e. The van der Waals surface area contributed by atoms with Crippen LogP contribution in [0.25, 0.3) is 11.1 Å². The predicted octanol–water partition coefficient (Wildman–Crippen LogP) is 1.72. The summed E-state index contributed by atoms with van der Waals surface area (Å²) in [5.74, 6) is 1.27. The molecule has 0 aliphatic carbocycles. The second-order valence-electron chi connectivity index (χ2n) is 5.55. The average Bonchev–Trinajstić information content (AvgIpc) is 3.09. The number of hydrogen-bond donors (Lipinski definition) is 1. The Balaban J connectivity index is 1.77. The number of amides is 1. The van der Waals surface area contributed by atoms with Crippen molar-refractivity contribution in [2.45, 2.75) is 26.8 Å². The fourth-order valence-corrected chi connectivity index (χ4v) is 2.61. The van der Waals surface area contributed by atoms with Gasteiger partial charge in [-0.2, -0.15) is 5.10 Å². The van der Waals surface area contributed by atoms with E-state index in [4.69, 9.17) is 0 Å². The van der Waals surface area contributed by atoms with Crippen LogP contribution in [0, 0.1) is 13.8 Å². The van der Waals surface area contributed by atoms with Crippen molar-refractivity contribution in [1.82, 2.24) is 30.0 Å². The van der Waals surface area contributed by atoms with Crippen molar-refractivity contribution in [2.24, 2.45) is 7.05 Å². The van der Waals surface area contributed by atoms with Crippen LogP contribution in [0.5, 0.6) is 0 Å². The molecule has 0 fully saturated rings. The van der Waals surface area contributed by atoms with Crippen molar-refractivity contribution >= 4 is 11.7 Å². The summed E-state index contributed by atoms with van der Waals surface area (Å²) in [5.41, 5.74) is 2.83. The highest BCUT2D eigenvalue weighted by molar-refractivity contribution is 5.94. The lowest BCUT2D eigenvalue weighted by Gasteiger charge is -2.09. The molecule has 3 rings (SSSR count). The molecule has 3 aromatic rings. The normalized spacial score (nSPS) is 10.8. The van der Waals surface area contributed by atoms with Crippen molar-refractivity contribution in [3.8, 4) is 11.1 Å². The molecular weight excluding hydrogens is 306 g/mol. The summed E-state index contributed by atoms with van der Waals surface area (Å²) in [6, 6.07) is 9.90. The zero-order chi connectivity index (χ0) is 17.1. The van der Waals surface area contributed by atoms with Gasteiger partial charge in [0.25, 0.3) is 0 Å². The number of anilines is 1. The Kier molecular flexibility index (Phi) is 4.37. The molecule has 0 atom stereocenters. The van der Waals surface area contributed by atoms with E-state index in [-0.39, 0.29) is 12.3 Å². The van der Waals surface area contributed by atoms with Gasteiger partial charge in [-0.1, -0.05) is 30.3 Å². The van der Waals surface area contributed by atoms with Gasteiger partial charge in [0.05, 0.1) is 12.2 Å². The number of nitrogens with one attached hydrogen (secondary N) is 1. The molecule has 0 aliphatic heterocycles. The summed E-state index contributed by atoms with van der Waals surface area (Å²) < 4.78 is 3.30. The number of carbonyl (C=O) groups excluding carboxylic acids is 1. The van der Waals surface area contributed by atoms with Crippen LogP contribution in [0.4, 0.5) is 5.82 Å². The number of rotatable bonds is 5. The van der Waals surface area contributed by atoms with Crippen LogP contribution >= 0.6 is 0 Å². The van der Waals surface area contributed by atoms with Crippen LogP contribution in [-0.4, -0.2) is 35.9 Å². The van der Waals surface area contributed by atoms with Crippen molar-refractivity contribution in [1.29, 1.82) is 0 Å². The van der Waals surface area contributed by atoms with E-state index in [1.54, 1.807) is 16.3 Å². The van der Waals surface area contributed by atoms with Crippen molar-refractivity contribution in [2.75, 3.05) is 5.32 Å². The summed E-state index contributed by atoms with van der Waals surface area (Å²) in [6.07, 6.45) is 0.282. The molecule has 0 unspecified atom stereocenters. The van der Waals surface area contributed by atoms with Crippen LogP contribution in [0.15, 0.2) is 30.3 Å². The Labute approximate surface area is 139 Å². The molecule has 0 spiro atoms. The van der Waals surface area contributed by atoms with E-state index in [1.165, 1.54) is 0 Å². The highest BCUT2D eigenvalue weighted by Crippen LogP contribution is 2.30. The second kappa shape index (κ2) is 6.61. The molecule has 0 saturated carbocycles. The van der Waals surface area contributed by atoms with E-state index in [0.717, 1.165) is 16.8 Å². The highest BCUT2D eigenvalue weighted by atomic mass is 16.1. The van der Waals surface area contributed by atoms with Gasteiger partial charge in [0.1, 0.15) is 11.6 Å². The molecule has 0 aliphatic rings. The molecular formula is C16H19N7O. The van der Waals surface area contributed by atoms with Gasteiger partial charge in [-0.15, -0.1) is 5.10 Å². The molecule has 1 N–H and O–H groups in total. The largest absolute Gasteiger partial charge is 0.310 e. The molecule has 1 aromatic carbocycles. The number of carbonyl (C=O) groups is 1. The number of tetrazole rings is 1. The topological polar surface area (TPSA) is 90.5 Å². The first-order valence-corrected chi connectivity index (χ1v) is 7.68. The van der Waals surface area contributed by atoms with E-state index in [1.807, 2.05) is 44.3 Å². The van der Waals surface area contributed by atoms with Crippen LogP contribution < -0.4 is 5.32 Å². The lowest BCUT2D eigenvalue weighted by atomic mass is 10.1. The Bertz CT molecular complexity index is 851. The predicted molar refractivity (Wildman–Crippen MR) is 89.2 cm³/mol. The fraction of sp³-hybridized carbons (Fsp3) is 0.312. The maximum absolute atomic E-state index is 12.3. The van der Waals surface area contributed by atoms with Gasteiger partial charge >= 0.3 is 0 Å². The van der Waals surface area contributed by atoms with Crippen LogP contribution in [0.2, 0.25) is 0 Å². The molecule has 8 nitrogen and oxygen atoms in total. The third kappa shape index (κ3) is 3.17. The molecule has 24 heavy (non-hydrogen) atoms. The summed E-state index contributed by atoms with van der Waals surface area (Å²) in [7, 11) is 1.82. The van der Waals surface area contributed by atoms with E-state index in [9.17, 15) is 4.79 Å². The van der Waals surface area contributed by atoms with E-state index >= 15 is 0 Å². The SMILES string of the molecule is Cc1nn(C)c(NC(=O)CCn2nnnc2C)c1-c1ccccc1. The minimum Gasteiger partial charge on any atom is -0.310 e. The van der Waals surface area contributed by atoms with Crippen LogP contribution in [-0.2, 0) is 18.4 Å². The van der Waals surface area contributed by atoms with Gasteiger partial charge in [-0.05, 0) is 29.8 Å². The molecule has 2 aromatic heterocycles. The first-order valence-electron chi connectivity index (χ1n) is 7.68. The quantitative estimate of drug-likeness (QED) is 0.771. The summed E-state index contributed by atoms with van der Waals surface area (Å²) in [5, 5.41) is 18.6. The van der Waals surface area contributed by atoms with Crippen molar-refractivity contribution in [3.05, 3.63) is 41.9 Å². The monoisotopic (exact) mass is 325 g/mol. The zero-order valence-electron chi connectivity index (χ0n) is 13.9. The maximum atomic E-state index is 12.3. The smallest absolute Gasteiger partial charge is 0.227 e. The summed E-state index contributed by atoms with van der Waals surface area (Å²) >= 11 is 0. The number of hydrogen-bond acceptors (Lipinski definition) is 5. The molecule has 0 bridgehead atoms. The van der Waals surface area contributed by atoms with Crippen molar-refractivity contribution < 1.29 is 4.79 Å². The van der Waals surface area contributed by atoms with Crippen LogP contribution in [0.3, 0.4) is 0 Å². The molecule has 8 heteroatoms. The van der Waals surface area contributed by atoms with Gasteiger partial charge in [-0.25, -0.2) is 4.68 Å². The lowest BCUT2D eigenvalue weighted by molar-refractivity contribution is -0.116. The standard InChI is InChI=1S/C16H19N7O/c1-11-15(13-7-5-4-6-8-13)16(22(3)19-11)17-14(24)9-10-23-12(2)18-20-21-23/h4-8H,9-10H2,1-3H3,(H,17,24).